The zero-order chi connectivity index (χ0) is 14.2. The molecule has 3 heterocycles. The van der Waals surface area contributed by atoms with Crippen LogP contribution in [0, 0.1) is 5.92 Å². The van der Waals surface area contributed by atoms with Gasteiger partial charge in [0.05, 0.1) is 21.8 Å². The topological polar surface area (TPSA) is 34.5 Å². The predicted octanol–water partition coefficient (Wildman–Crippen LogP) is 4.02. The van der Waals surface area contributed by atoms with Crippen molar-refractivity contribution in [2.75, 3.05) is 19.8 Å². The Hall–Kier alpha value is -1.26. The van der Waals surface area contributed by atoms with E-state index in [4.69, 9.17) is 14.7 Å². The van der Waals surface area contributed by atoms with Crippen LogP contribution in [0.4, 0.5) is 0 Å². The first-order valence-corrected chi connectivity index (χ1v) is 8.63. The second-order valence-corrected chi connectivity index (χ2v) is 7.29. The lowest BCUT2D eigenvalue weighted by atomic mass is 9.96. The molecule has 110 valence electrons. The maximum Gasteiger partial charge on any atom is 0.0993 e. The van der Waals surface area contributed by atoms with Crippen LogP contribution in [0.3, 0.4) is 0 Å². The van der Waals surface area contributed by atoms with E-state index < -0.39 is 0 Å². The molecule has 1 fully saturated rings. The van der Waals surface area contributed by atoms with Crippen LogP contribution in [0.2, 0.25) is 0 Å². The van der Waals surface area contributed by atoms with E-state index in [-0.39, 0.29) is 0 Å². The van der Waals surface area contributed by atoms with Gasteiger partial charge in [0.1, 0.15) is 0 Å². The van der Waals surface area contributed by atoms with Crippen molar-refractivity contribution in [3.63, 3.8) is 0 Å². The first-order valence-electron chi connectivity index (χ1n) is 7.81. The summed E-state index contributed by atoms with van der Waals surface area (Å²) in [6.07, 6.45) is 3.45. The average molecular weight is 300 g/mol. The maximum absolute atomic E-state index is 5.48. The summed E-state index contributed by atoms with van der Waals surface area (Å²) in [7, 11) is 0. The minimum atomic E-state index is 0.499. The van der Waals surface area contributed by atoms with Gasteiger partial charge >= 0.3 is 0 Å². The molecule has 3 nitrogen and oxygen atoms in total. The molecule has 1 aromatic carbocycles. The van der Waals surface area contributed by atoms with Crippen molar-refractivity contribution in [2.24, 2.45) is 10.9 Å². The van der Waals surface area contributed by atoms with Crippen LogP contribution in [0.5, 0.6) is 0 Å². The highest BCUT2D eigenvalue weighted by molar-refractivity contribution is 7.18. The van der Waals surface area contributed by atoms with E-state index in [0.29, 0.717) is 5.92 Å². The summed E-state index contributed by atoms with van der Waals surface area (Å²) < 4.78 is 6.77. The number of rotatable bonds is 2. The Morgan fingerprint density at radius 2 is 2.24 bits per heavy atom. The lowest BCUT2D eigenvalue weighted by molar-refractivity contribution is 0.194. The third-order valence-electron chi connectivity index (χ3n) is 4.48. The molecule has 2 aliphatic heterocycles. The van der Waals surface area contributed by atoms with Crippen molar-refractivity contribution in [1.82, 2.24) is 4.98 Å². The summed E-state index contributed by atoms with van der Waals surface area (Å²) in [5.74, 6) is 1.23. The number of nitrogens with zero attached hydrogens (tertiary/aromatic N) is 2. The fourth-order valence-corrected chi connectivity index (χ4v) is 4.15. The monoisotopic (exact) mass is 300 g/mol. The van der Waals surface area contributed by atoms with Crippen LogP contribution in [-0.4, -0.2) is 30.5 Å². The Morgan fingerprint density at radius 1 is 1.29 bits per heavy atom. The highest BCUT2D eigenvalue weighted by Crippen LogP contribution is 2.33. The van der Waals surface area contributed by atoms with Crippen LogP contribution >= 0.6 is 11.3 Å². The van der Waals surface area contributed by atoms with Gasteiger partial charge in [-0.05, 0) is 42.9 Å². The lowest BCUT2D eigenvalue weighted by Crippen LogP contribution is -2.14. The molecule has 21 heavy (non-hydrogen) atoms. The summed E-state index contributed by atoms with van der Waals surface area (Å²) in [6, 6.07) is 6.65. The number of aliphatic imine (C=N–C) groups is 1. The molecule has 1 aromatic heterocycles. The SMILES string of the molecule is CC1CCC(c2ccc3sc(C4CCOC4)nc3c2)=NC1. The number of hydrogen-bond acceptors (Lipinski definition) is 4. The fraction of sp³-hybridized carbons (Fsp3) is 0.529. The zero-order valence-electron chi connectivity index (χ0n) is 12.3. The summed E-state index contributed by atoms with van der Waals surface area (Å²) in [4.78, 5) is 9.59. The van der Waals surface area contributed by atoms with Crippen LogP contribution in [0.15, 0.2) is 23.2 Å². The average Bonchev–Trinajstić information content (AvgIpc) is 3.16. The Morgan fingerprint density at radius 3 is 3.00 bits per heavy atom. The number of hydrogen-bond donors (Lipinski definition) is 0. The van der Waals surface area contributed by atoms with Crippen molar-refractivity contribution >= 4 is 27.3 Å². The van der Waals surface area contributed by atoms with Gasteiger partial charge in [0.2, 0.25) is 0 Å². The second kappa shape index (κ2) is 5.50. The molecule has 4 heteroatoms. The van der Waals surface area contributed by atoms with Crippen LogP contribution in [0.1, 0.15) is 42.7 Å². The quantitative estimate of drug-likeness (QED) is 0.839. The molecular weight excluding hydrogens is 280 g/mol. The van der Waals surface area contributed by atoms with Crippen LogP contribution in [0.25, 0.3) is 10.2 Å². The molecule has 0 aliphatic carbocycles. The van der Waals surface area contributed by atoms with Gasteiger partial charge in [0, 0.05) is 24.8 Å². The van der Waals surface area contributed by atoms with E-state index in [0.717, 1.165) is 44.0 Å². The molecular formula is C17H20N2OS. The van der Waals surface area contributed by atoms with Gasteiger partial charge < -0.3 is 4.74 Å². The number of ether oxygens (including phenoxy) is 1. The van der Waals surface area contributed by atoms with E-state index in [9.17, 15) is 0 Å². The molecule has 0 saturated carbocycles. The maximum atomic E-state index is 5.48. The summed E-state index contributed by atoms with van der Waals surface area (Å²) >= 11 is 1.82. The molecule has 2 aromatic rings. The van der Waals surface area contributed by atoms with Gasteiger partial charge in [-0.15, -0.1) is 11.3 Å². The minimum Gasteiger partial charge on any atom is -0.381 e. The molecule has 1 saturated heterocycles. The summed E-state index contributed by atoms with van der Waals surface area (Å²) in [5.41, 5.74) is 3.64. The largest absolute Gasteiger partial charge is 0.381 e. The van der Waals surface area contributed by atoms with Crippen molar-refractivity contribution in [3.05, 3.63) is 28.8 Å². The van der Waals surface area contributed by atoms with E-state index in [2.05, 4.69) is 25.1 Å². The van der Waals surface area contributed by atoms with Gasteiger partial charge in [-0.2, -0.15) is 0 Å². The molecule has 0 radical (unpaired) electrons. The Kier molecular flexibility index (Phi) is 3.51. The first-order chi connectivity index (χ1) is 10.3. The molecule has 2 aliphatic rings. The van der Waals surface area contributed by atoms with Crippen molar-refractivity contribution in [3.8, 4) is 0 Å². The highest BCUT2D eigenvalue weighted by Gasteiger charge is 2.21. The zero-order valence-corrected chi connectivity index (χ0v) is 13.2. The third-order valence-corrected chi connectivity index (χ3v) is 5.68. The second-order valence-electron chi connectivity index (χ2n) is 6.23. The van der Waals surface area contributed by atoms with Gasteiger partial charge in [0.15, 0.2) is 0 Å². The smallest absolute Gasteiger partial charge is 0.0993 e. The molecule has 0 bridgehead atoms. The van der Waals surface area contributed by atoms with Gasteiger partial charge in [-0.25, -0.2) is 4.98 Å². The van der Waals surface area contributed by atoms with Gasteiger partial charge in [-0.1, -0.05) is 13.0 Å². The standard InChI is InChI=1S/C17H20N2OS/c1-11-2-4-14(18-9-11)12-3-5-16-15(8-12)19-17(21-16)13-6-7-20-10-13/h3,5,8,11,13H,2,4,6-7,9-10H2,1H3. The summed E-state index contributed by atoms with van der Waals surface area (Å²) in [6.45, 7) is 4.95. The minimum absolute atomic E-state index is 0.499. The number of aromatic nitrogens is 1. The molecule has 2 atom stereocenters. The van der Waals surface area contributed by atoms with Crippen molar-refractivity contribution in [2.45, 2.75) is 32.1 Å². The molecule has 0 N–H and O–H groups in total. The highest BCUT2D eigenvalue weighted by atomic mass is 32.1. The van der Waals surface area contributed by atoms with E-state index in [1.165, 1.54) is 27.4 Å². The van der Waals surface area contributed by atoms with Crippen molar-refractivity contribution in [1.29, 1.82) is 0 Å². The fourth-order valence-electron chi connectivity index (χ4n) is 3.08. The predicted molar refractivity (Wildman–Crippen MR) is 87.6 cm³/mol. The van der Waals surface area contributed by atoms with Gasteiger partial charge in [-0.3, -0.25) is 4.99 Å². The first kappa shape index (κ1) is 13.4. The molecule has 2 unspecified atom stereocenters. The molecule has 0 spiro atoms. The Balaban J connectivity index is 1.66. The van der Waals surface area contributed by atoms with Gasteiger partial charge in [0.25, 0.3) is 0 Å². The van der Waals surface area contributed by atoms with E-state index in [1.807, 2.05) is 11.3 Å². The van der Waals surface area contributed by atoms with E-state index in [1.54, 1.807) is 0 Å². The van der Waals surface area contributed by atoms with Crippen LogP contribution < -0.4 is 0 Å². The third kappa shape index (κ3) is 2.62. The number of thiazole rings is 1. The normalized spacial score (nSPS) is 26.2. The Labute approximate surface area is 129 Å². The van der Waals surface area contributed by atoms with Crippen molar-refractivity contribution < 1.29 is 4.74 Å². The number of fused-ring (bicyclic) bond motifs is 1. The number of benzene rings is 1. The Bertz CT molecular complexity index is 685. The van der Waals surface area contributed by atoms with E-state index >= 15 is 0 Å². The molecule has 0 amide bonds. The lowest BCUT2D eigenvalue weighted by Gasteiger charge is -2.17. The summed E-state index contributed by atoms with van der Waals surface area (Å²) in [5, 5.41) is 1.24. The molecule has 4 rings (SSSR count). The van der Waals surface area contributed by atoms with Crippen LogP contribution in [-0.2, 0) is 4.74 Å².